The number of halogens is 2. The summed E-state index contributed by atoms with van der Waals surface area (Å²) in [5, 5.41) is 7.45. The maximum Gasteiger partial charge on any atom is 0.315 e. The Morgan fingerprint density at radius 3 is 2.58 bits per heavy atom. The van der Waals surface area contributed by atoms with Crippen molar-refractivity contribution in [2.24, 2.45) is 0 Å². The van der Waals surface area contributed by atoms with Gasteiger partial charge in [0.1, 0.15) is 0 Å². The van der Waals surface area contributed by atoms with Crippen LogP contribution in [0.2, 0.25) is 10.0 Å². The van der Waals surface area contributed by atoms with Crippen molar-refractivity contribution < 1.29 is 9.59 Å². The molecule has 0 fully saturated rings. The molecule has 8 heteroatoms. The van der Waals surface area contributed by atoms with E-state index in [2.05, 4.69) is 15.6 Å². The molecule has 0 bridgehead atoms. The lowest BCUT2D eigenvalue weighted by atomic mass is 10.3. The average molecular weight is 316 g/mol. The first kappa shape index (κ1) is 13.8. The predicted molar refractivity (Wildman–Crippen MR) is 75.8 cm³/mol. The minimum absolute atomic E-state index is 0.272. The van der Waals surface area contributed by atoms with Crippen molar-refractivity contribution in [1.82, 2.24) is 4.98 Å². The van der Waals surface area contributed by atoms with Crippen LogP contribution in [0.4, 0.5) is 10.8 Å². The first-order valence-corrected chi connectivity index (χ1v) is 6.66. The molecule has 0 spiro atoms. The first-order valence-electron chi connectivity index (χ1n) is 5.03. The van der Waals surface area contributed by atoms with Crippen LogP contribution in [-0.2, 0) is 9.59 Å². The number of anilines is 2. The molecule has 19 heavy (non-hydrogen) atoms. The average Bonchev–Trinajstić information content (AvgIpc) is 2.86. The molecule has 2 rings (SSSR count). The topological polar surface area (TPSA) is 71.1 Å². The molecule has 2 aromatic rings. The SMILES string of the molecule is O=C(Nc1nccs1)C(=O)Nc1cc(Cl)ccc1Cl. The maximum atomic E-state index is 11.7. The van der Waals surface area contributed by atoms with Gasteiger partial charge in [0.15, 0.2) is 5.13 Å². The predicted octanol–water partition coefficient (Wildman–Crippen LogP) is 3.03. The molecule has 0 unspecified atom stereocenters. The highest BCUT2D eigenvalue weighted by Crippen LogP contribution is 2.25. The van der Waals surface area contributed by atoms with Crippen LogP contribution in [0.1, 0.15) is 0 Å². The van der Waals surface area contributed by atoms with Crippen LogP contribution in [0.5, 0.6) is 0 Å². The van der Waals surface area contributed by atoms with Crippen LogP contribution >= 0.6 is 34.5 Å². The molecule has 0 saturated carbocycles. The fraction of sp³-hybridized carbons (Fsp3) is 0. The van der Waals surface area contributed by atoms with Gasteiger partial charge in [-0.15, -0.1) is 11.3 Å². The summed E-state index contributed by atoms with van der Waals surface area (Å²) in [7, 11) is 0. The third-order valence-electron chi connectivity index (χ3n) is 2.04. The van der Waals surface area contributed by atoms with Gasteiger partial charge in [0.05, 0.1) is 10.7 Å². The third kappa shape index (κ3) is 3.66. The van der Waals surface area contributed by atoms with E-state index in [1.807, 2.05) is 0 Å². The van der Waals surface area contributed by atoms with E-state index in [9.17, 15) is 9.59 Å². The van der Waals surface area contributed by atoms with Gasteiger partial charge in [-0.05, 0) is 18.2 Å². The summed E-state index contributed by atoms with van der Waals surface area (Å²) < 4.78 is 0. The van der Waals surface area contributed by atoms with Gasteiger partial charge in [-0.3, -0.25) is 14.9 Å². The van der Waals surface area contributed by atoms with Crippen molar-refractivity contribution in [3.63, 3.8) is 0 Å². The minimum Gasteiger partial charge on any atom is -0.316 e. The number of benzene rings is 1. The monoisotopic (exact) mass is 315 g/mol. The molecule has 0 aliphatic heterocycles. The molecule has 0 aliphatic rings. The molecule has 0 radical (unpaired) electrons. The summed E-state index contributed by atoms with van der Waals surface area (Å²) in [5.41, 5.74) is 0.272. The van der Waals surface area contributed by atoms with Crippen molar-refractivity contribution >= 4 is 57.2 Å². The number of nitrogens with one attached hydrogen (secondary N) is 2. The van der Waals surface area contributed by atoms with Crippen LogP contribution in [0.3, 0.4) is 0 Å². The first-order chi connectivity index (χ1) is 9.06. The Morgan fingerprint density at radius 2 is 1.89 bits per heavy atom. The molecule has 2 N–H and O–H groups in total. The van der Waals surface area contributed by atoms with Crippen molar-refractivity contribution in [3.8, 4) is 0 Å². The standard InChI is InChI=1S/C11H7Cl2N3O2S/c12-6-1-2-7(13)8(5-6)15-9(17)10(18)16-11-14-3-4-19-11/h1-5H,(H,15,17)(H,14,16,18). The number of hydrogen-bond donors (Lipinski definition) is 2. The molecule has 0 aliphatic carbocycles. The Morgan fingerprint density at radius 1 is 1.16 bits per heavy atom. The van der Waals surface area contributed by atoms with Gasteiger partial charge < -0.3 is 5.32 Å². The van der Waals surface area contributed by atoms with Crippen LogP contribution in [0.25, 0.3) is 0 Å². The van der Waals surface area contributed by atoms with Gasteiger partial charge in [-0.25, -0.2) is 4.98 Å². The van der Waals surface area contributed by atoms with Gasteiger partial charge >= 0.3 is 11.8 Å². The molecule has 2 amide bonds. The van der Waals surface area contributed by atoms with Crippen molar-refractivity contribution in [1.29, 1.82) is 0 Å². The molecule has 1 heterocycles. The van der Waals surface area contributed by atoms with E-state index < -0.39 is 11.8 Å². The number of thiazole rings is 1. The highest BCUT2D eigenvalue weighted by molar-refractivity contribution is 7.13. The van der Waals surface area contributed by atoms with Gasteiger partial charge in [-0.2, -0.15) is 0 Å². The molecular weight excluding hydrogens is 309 g/mol. The quantitative estimate of drug-likeness (QED) is 0.837. The lowest BCUT2D eigenvalue weighted by molar-refractivity contribution is -0.132. The molecule has 1 aromatic heterocycles. The molecule has 1 aromatic carbocycles. The van der Waals surface area contributed by atoms with Crippen LogP contribution in [-0.4, -0.2) is 16.8 Å². The summed E-state index contributed by atoms with van der Waals surface area (Å²) in [5.74, 6) is -1.68. The fourth-order valence-electron chi connectivity index (χ4n) is 1.21. The second kappa shape index (κ2) is 6.01. The van der Waals surface area contributed by atoms with E-state index in [1.54, 1.807) is 11.4 Å². The van der Waals surface area contributed by atoms with Gasteiger partial charge in [-0.1, -0.05) is 23.2 Å². The zero-order valence-electron chi connectivity index (χ0n) is 9.31. The molecule has 5 nitrogen and oxygen atoms in total. The molecule has 0 saturated heterocycles. The highest BCUT2D eigenvalue weighted by atomic mass is 35.5. The van der Waals surface area contributed by atoms with E-state index in [1.165, 1.54) is 29.7 Å². The van der Waals surface area contributed by atoms with Crippen LogP contribution < -0.4 is 10.6 Å². The van der Waals surface area contributed by atoms with Crippen molar-refractivity contribution in [3.05, 3.63) is 39.8 Å². The lowest BCUT2D eigenvalue weighted by Crippen LogP contribution is -2.29. The summed E-state index contributed by atoms with van der Waals surface area (Å²) in [6.45, 7) is 0. The Labute approximate surface area is 122 Å². The summed E-state index contributed by atoms with van der Waals surface area (Å²) in [6, 6.07) is 4.56. The van der Waals surface area contributed by atoms with Crippen LogP contribution in [0, 0.1) is 0 Å². The Kier molecular flexibility index (Phi) is 4.36. The Balaban J connectivity index is 2.04. The maximum absolute atomic E-state index is 11.7. The number of carbonyl (C=O) groups excluding carboxylic acids is 2. The van der Waals surface area contributed by atoms with Gasteiger partial charge in [0.25, 0.3) is 0 Å². The second-order valence-corrected chi connectivity index (χ2v) is 5.11. The van der Waals surface area contributed by atoms with E-state index >= 15 is 0 Å². The second-order valence-electron chi connectivity index (χ2n) is 3.37. The number of carbonyl (C=O) groups is 2. The lowest BCUT2D eigenvalue weighted by Gasteiger charge is -2.06. The number of nitrogens with zero attached hydrogens (tertiary/aromatic N) is 1. The number of hydrogen-bond acceptors (Lipinski definition) is 4. The summed E-state index contributed by atoms with van der Waals surface area (Å²) >= 11 is 12.9. The van der Waals surface area contributed by atoms with E-state index in [0.717, 1.165) is 0 Å². The van der Waals surface area contributed by atoms with Gasteiger partial charge in [0, 0.05) is 16.6 Å². The normalized spacial score (nSPS) is 10.0. The molecule has 0 atom stereocenters. The van der Waals surface area contributed by atoms with E-state index in [-0.39, 0.29) is 5.69 Å². The Hall–Kier alpha value is -1.63. The minimum atomic E-state index is -0.848. The van der Waals surface area contributed by atoms with E-state index in [0.29, 0.717) is 15.2 Å². The number of rotatable bonds is 2. The van der Waals surface area contributed by atoms with Crippen molar-refractivity contribution in [2.75, 3.05) is 10.6 Å². The molecule has 98 valence electrons. The summed E-state index contributed by atoms with van der Waals surface area (Å²) in [6.07, 6.45) is 1.52. The zero-order chi connectivity index (χ0) is 13.8. The van der Waals surface area contributed by atoms with E-state index in [4.69, 9.17) is 23.2 Å². The highest BCUT2D eigenvalue weighted by Gasteiger charge is 2.16. The zero-order valence-corrected chi connectivity index (χ0v) is 11.6. The van der Waals surface area contributed by atoms with Gasteiger partial charge in [0.2, 0.25) is 0 Å². The molecular formula is C11H7Cl2N3O2S. The largest absolute Gasteiger partial charge is 0.316 e. The number of amides is 2. The smallest absolute Gasteiger partial charge is 0.315 e. The fourth-order valence-corrected chi connectivity index (χ4v) is 2.07. The summed E-state index contributed by atoms with van der Waals surface area (Å²) in [4.78, 5) is 27.1. The van der Waals surface area contributed by atoms with Crippen LogP contribution in [0.15, 0.2) is 29.8 Å². The Bertz CT molecular complexity index is 616. The third-order valence-corrected chi connectivity index (χ3v) is 3.29. The van der Waals surface area contributed by atoms with Crippen molar-refractivity contribution in [2.45, 2.75) is 0 Å². The number of aromatic nitrogens is 1.